The van der Waals surface area contributed by atoms with Crippen LogP contribution in [0.4, 0.5) is 5.69 Å². The minimum atomic E-state index is 0.00697. The van der Waals surface area contributed by atoms with Crippen LogP contribution in [-0.4, -0.2) is 66.0 Å². The van der Waals surface area contributed by atoms with Gasteiger partial charge >= 0.3 is 0 Å². The molecule has 2 aromatic rings. The van der Waals surface area contributed by atoms with Crippen LogP contribution in [0.25, 0.3) is 10.1 Å². The first-order chi connectivity index (χ1) is 13.7. The van der Waals surface area contributed by atoms with Gasteiger partial charge in [-0.3, -0.25) is 9.69 Å². The standard InChI is InChI=1S/C21H27N5OS/c27-20(23-17-13-26-10-6-21(26)5-4-16(17)21)19-15-3-2-14(12-18(15)28-24-19)25-9-1-7-22-8-11-25/h2-3,12,16-17,22H,1,4-11,13H2,(H,23,27)/t16-,17-,21?/m1/s1. The number of carbonyl (C=O) groups is 1. The summed E-state index contributed by atoms with van der Waals surface area (Å²) in [6.45, 7) is 6.44. The lowest BCUT2D eigenvalue weighted by Gasteiger charge is -2.58. The monoisotopic (exact) mass is 397 g/mol. The molecule has 1 unspecified atom stereocenters. The maximum Gasteiger partial charge on any atom is 0.271 e. The molecule has 4 aliphatic rings. The van der Waals surface area contributed by atoms with Gasteiger partial charge in [0, 0.05) is 55.4 Å². The third kappa shape index (κ3) is 2.46. The van der Waals surface area contributed by atoms with Crippen molar-refractivity contribution in [3.63, 3.8) is 0 Å². The van der Waals surface area contributed by atoms with Crippen LogP contribution in [0.5, 0.6) is 0 Å². The Morgan fingerprint density at radius 1 is 1.25 bits per heavy atom. The third-order valence-electron chi connectivity index (χ3n) is 7.62. The molecule has 0 bridgehead atoms. The lowest BCUT2D eigenvalue weighted by molar-refractivity contribution is -0.0676. The maximum absolute atomic E-state index is 13.0. The number of benzene rings is 1. The average molecular weight is 398 g/mol. The van der Waals surface area contributed by atoms with Crippen molar-refractivity contribution in [2.24, 2.45) is 5.92 Å². The van der Waals surface area contributed by atoms with E-state index in [0.29, 0.717) is 23.2 Å². The number of nitrogens with zero attached hydrogens (tertiary/aromatic N) is 3. The molecular formula is C21H27N5OS. The lowest BCUT2D eigenvalue weighted by atomic mass is 9.61. The number of rotatable bonds is 3. The van der Waals surface area contributed by atoms with E-state index in [4.69, 9.17) is 0 Å². The number of hydrogen-bond donors (Lipinski definition) is 2. The van der Waals surface area contributed by atoms with Crippen molar-refractivity contribution in [3.8, 4) is 0 Å². The molecule has 4 fully saturated rings. The number of carbonyl (C=O) groups excluding carboxylic acids is 1. The normalized spacial score (nSPS) is 32.2. The minimum Gasteiger partial charge on any atom is -0.370 e. The van der Waals surface area contributed by atoms with E-state index in [1.807, 2.05) is 0 Å². The van der Waals surface area contributed by atoms with E-state index in [9.17, 15) is 4.79 Å². The molecule has 7 heteroatoms. The highest BCUT2D eigenvalue weighted by Gasteiger charge is 2.63. The Kier molecular flexibility index (Phi) is 3.93. The van der Waals surface area contributed by atoms with Crippen molar-refractivity contribution in [2.45, 2.75) is 37.3 Å². The SMILES string of the molecule is O=C(N[C@@H]1CN2CCC23CC[C@H]13)c1nsc2cc(N3CCCNCC3)ccc12. The highest BCUT2D eigenvalue weighted by atomic mass is 32.1. The fourth-order valence-corrected chi connectivity index (χ4v) is 6.70. The first kappa shape index (κ1) is 17.2. The maximum atomic E-state index is 13.0. The van der Waals surface area contributed by atoms with Gasteiger partial charge in [0.1, 0.15) is 5.69 Å². The zero-order valence-electron chi connectivity index (χ0n) is 16.1. The molecular weight excluding hydrogens is 370 g/mol. The Bertz CT molecular complexity index is 917. The van der Waals surface area contributed by atoms with Crippen molar-refractivity contribution in [3.05, 3.63) is 23.9 Å². The summed E-state index contributed by atoms with van der Waals surface area (Å²) in [7, 11) is 0. The Hall–Kier alpha value is -1.70. The van der Waals surface area contributed by atoms with Crippen LogP contribution in [0, 0.1) is 5.92 Å². The number of aromatic nitrogens is 1. The number of hydrogen-bond acceptors (Lipinski definition) is 6. The van der Waals surface area contributed by atoms with Gasteiger partial charge in [-0.2, -0.15) is 4.37 Å². The summed E-state index contributed by atoms with van der Waals surface area (Å²) >= 11 is 1.45. The third-order valence-corrected chi connectivity index (χ3v) is 8.43. The molecule has 1 aliphatic carbocycles. The van der Waals surface area contributed by atoms with E-state index in [-0.39, 0.29) is 5.91 Å². The fraction of sp³-hybridized carbons (Fsp3) is 0.619. The molecule has 6 nitrogen and oxygen atoms in total. The largest absolute Gasteiger partial charge is 0.370 e. The first-order valence-electron chi connectivity index (χ1n) is 10.7. The molecule has 3 atom stereocenters. The van der Waals surface area contributed by atoms with Crippen LogP contribution in [0.3, 0.4) is 0 Å². The molecule has 1 aromatic heterocycles. The number of amides is 1. The van der Waals surface area contributed by atoms with E-state index in [1.165, 1.54) is 43.0 Å². The summed E-state index contributed by atoms with van der Waals surface area (Å²) in [5.74, 6) is 0.658. The molecule has 2 N–H and O–H groups in total. The quantitative estimate of drug-likeness (QED) is 0.830. The highest BCUT2D eigenvalue weighted by molar-refractivity contribution is 7.13. The van der Waals surface area contributed by atoms with Gasteiger partial charge in [-0.25, -0.2) is 0 Å². The minimum absolute atomic E-state index is 0.00697. The van der Waals surface area contributed by atoms with Crippen LogP contribution in [0.1, 0.15) is 36.2 Å². The topological polar surface area (TPSA) is 60.5 Å². The molecule has 6 rings (SSSR count). The molecule has 1 saturated carbocycles. The molecule has 3 aliphatic heterocycles. The van der Waals surface area contributed by atoms with Gasteiger partial charge in [0.15, 0.2) is 0 Å². The summed E-state index contributed by atoms with van der Waals surface area (Å²) in [4.78, 5) is 18.0. The smallest absolute Gasteiger partial charge is 0.271 e. The van der Waals surface area contributed by atoms with Crippen LogP contribution in [0.2, 0.25) is 0 Å². The lowest BCUT2D eigenvalue weighted by Crippen LogP contribution is -2.64. The number of fused-ring (bicyclic) bond motifs is 1. The first-order valence-corrected chi connectivity index (χ1v) is 11.4. The summed E-state index contributed by atoms with van der Waals surface area (Å²) in [5.41, 5.74) is 2.29. The van der Waals surface area contributed by atoms with Crippen molar-refractivity contribution < 1.29 is 4.79 Å². The van der Waals surface area contributed by atoms with E-state index < -0.39 is 0 Å². The number of nitrogens with one attached hydrogen (secondary N) is 2. The van der Waals surface area contributed by atoms with E-state index in [0.717, 1.165) is 49.2 Å². The van der Waals surface area contributed by atoms with Gasteiger partial charge in [-0.05, 0) is 67.9 Å². The van der Waals surface area contributed by atoms with E-state index in [1.54, 1.807) is 0 Å². The molecule has 1 amide bonds. The van der Waals surface area contributed by atoms with Gasteiger partial charge in [0.25, 0.3) is 5.91 Å². The Labute approximate surface area is 169 Å². The summed E-state index contributed by atoms with van der Waals surface area (Å²) in [5, 5.41) is 7.77. The van der Waals surface area contributed by atoms with E-state index >= 15 is 0 Å². The summed E-state index contributed by atoms with van der Waals surface area (Å²) < 4.78 is 5.65. The van der Waals surface area contributed by atoms with Crippen molar-refractivity contribution in [1.29, 1.82) is 0 Å². The van der Waals surface area contributed by atoms with Crippen LogP contribution >= 0.6 is 11.5 Å². The summed E-state index contributed by atoms with van der Waals surface area (Å²) in [6, 6.07) is 6.75. The fourth-order valence-electron chi connectivity index (χ4n) is 5.89. The average Bonchev–Trinajstić information content (AvgIpc) is 2.96. The van der Waals surface area contributed by atoms with E-state index in [2.05, 4.69) is 43.0 Å². The Balaban J connectivity index is 1.21. The van der Waals surface area contributed by atoms with Gasteiger partial charge in [0.2, 0.25) is 0 Å². The molecule has 1 spiro atoms. The van der Waals surface area contributed by atoms with Crippen LogP contribution in [-0.2, 0) is 0 Å². The second-order valence-corrected chi connectivity index (χ2v) is 9.63. The van der Waals surface area contributed by atoms with Gasteiger partial charge in [-0.15, -0.1) is 0 Å². The van der Waals surface area contributed by atoms with Crippen LogP contribution < -0.4 is 15.5 Å². The van der Waals surface area contributed by atoms with Crippen molar-refractivity contribution in [2.75, 3.05) is 44.2 Å². The zero-order valence-corrected chi connectivity index (χ0v) is 16.9. The van der Waals surface area contributed by atoms with Gasteiger partial charge in [0.05, 0.1) is 4.70 Å². The molecule has 4 heterocycles. The second-order valence-electron chi connectivity index (χ2n) is 8.83. The molecule has 1 aromatic carbocycles. The number of anilines is 1. The Morgan fingerprint density at radius 2 is 2.21 bits per heavy atom. The molecule has 0 radical (unpaired) electrons. The zero-order chi connectivity index (χ0) is 18.7. The second kappa shape index (κ2) is 6.40. The molecule has 148 valence electrons. The molecule has 28 heavy (non-hydrogen) atoms. The molecule has 3 saturated heterocycles. The predicted octanol–water partition coefficient (Wildman–Crippen LogP) is 2.06. The Morgan fingerprint density at radius 3 is 3.00 bits per heavy atom. The van der Waals surface area contributed by atoms with Gasteiger partial charge < -0.3 is 15.5 Å². The highest BCUT2D eigenvalue weighted by Crippen LogP contribution is 2.57. The van der Waals surface area contributed by atoms with Crippen molar-refractivity contribution >= 4 is 33.2 Å². The van der Waals surface area contributed by atoms with Crippen molar-refractivity contribution in [1.82, 2.24) is 19.9 Å². The van der Waals surface area contributed by atoms with Crippen LogP contribution in [0.15, 0.2) is 18.2 Å². The van der Waals surface area contributed by atoms with Gasteiger partial charge in [-0.1, -0.05) is 0 Å². The predicted molar refractivity (Wildman–Crippen MR) is 112 cm³/mol. The summed E-state index contributed by atoms with van der Waals surface area (Å²) in [6.07, 6.45) is 5.06.